The summed E-state index contributed by atoms with van der Waals surface area (Å²) < 4.78 is 0. The van der Waals surface area contributed by atoms with Crippen molar-refractivity contribution in [3.63, 3.8) is 0 Å². The number of nitrogens with zero attached hydrogens (tertiary/aromatic N) is 2. The molecule has 0 aliphatic carbocycles. The molecule has 0 saturated carbocycles. The molecule has 0 fully saturated rings. The third-order valence-corrected chi connectivity index (χ3v) is 3.67. The van der Waals surface area contributed by atoms with Gasteiger partial charge < -0.3 is 5.73 Å². The molecule has 0 radical (unpaired) electrons. The van der Waals surface area contributed by atoms with Crippen LogP contribution >= 0.6 is 11.6 Å². The lowest BCUT2D eigenvalue weighted by Gasteiger charge is -2.42. The lowest BCUT2D eigenvalue weighted by Crippen LogP contribution is -2.60. The third-order valence-electron chi connectivity index (χ3n) is 3.34. The molecule has 0 aromatic heterocycles. The predicted octanol–water partition coefficient (Wildman–Crippen LogP) is 4.08. The summed E-state index contributed by atoms with van der Waals surface area (Å²) in [5.74, 6) is -0.407. The van der Waals surface area contributed by atoms with Crippen molar-refractivity contribution in [2.45, 2.75) is 26.3 Å². The zero-order chi connectivity index (χ0) is 17.9. The minimum atomic E-state index is -0.753. The lowest BCUT2D eigenvalue weighted by molar-refractivity contribution is 0.0569. The smallest absolute Gasteiger partial charge is 0.338 e. The zero-order valence-electron chi connectivity index (χ0n) is 13.9. The highest BCUT2D eigenvalue weighted by Gasteiger charge is 2.36. The van der Waals surface area contributed by atoms with Gasteiger partial charge in [-0.1, -0.05) is 41.9 Å². The number of rotatable bonds is 2. The molecule has 0 spiro atoms. The molecule has 0 bridgehead atoms. The van der Waals surface area contributed by atoms with Gasteiger partial charge in [0.1, 0.15) is 0 Å². The van der Waals surface area contributed by atoms with Gasteiger partial charge in [-0.2, -0.15) is 5.01 Å². The highest BCUT2D eigenvalue weighted by Crippen LogP contribution is 2.27. The first-order chi connectivity index (χ1) is 11.2. The van der Waals surface area contributed by atoms with Crippen LogP contribution < -0.4 is 10.7 Å². The van der Waals surface area contributed by atoms with Gasteiger partial charge in [-0.25, -0.2) is 9.80 Å². The van der Waals surface area contributed by atoms with Crippen molar-refractivity contribution in [3.05, 3.63) is 65.2 Å². The number of hydrazine groups is 1. The fraction of sp³-hybridized carbons (Fsp3) is 0.222. The average Bonchev–Trinajstić information content (AvgIpc) is 2.51. The Kier molecular flexibility index (Phi) is 5.14. The second kappa shape index (κ2) is 6.93. The predicted molar refractivity (Wildman–Crippen MR) is 95.9 cm³/mol. The number of para-hydroxylation sites is 1. The molecule has 2 N–H and O–H groups in total. The Bertz CT molecular complexity index is 741. The van der Waals surface area contributed by atoms with Crippen molar-refractivity contribution in [3.8, 4) is 0 Å². The van der Waals surface area contributed by atoms with Gasteiger partial charge in [0, 0.05) is 0 Å². The molecule has 0 saturated heterocycles. The largest absolute Gasteiger partial charge is 0.350 e. The van der Waals surface area contributed by atoms with Gasteiger partial charge in [0.25, 0.3) is 5.91 Å². The minimum Gasteiger partial charge on any atom is -0.350 e. The fourth-order valence-corrected chi connectivity index (χ4v) is 2.57. The SMILES string of the molecule is CC(C)(C)N(C(=O)c1ccccc1Cl)N(C(N)=O)c1ccccc1. The maximum Gasteiger partial charge on any atom is 0.338 e. The van der Waals surface area contributed by atoms with E-state index in [1.807, 2.05) is 26.8 Å². The van der Waals surface area contributed by atoms with Crippen LogP contribution in [-0.4, -0.2) is 22.5 Å². The van der Waals surface area contributed by atoms with E-state index in [-0.39, 0.29) is 0 Å². The molecule has 0 aliphatic heterocycles. The topological polar surface area (TPSA) is 66.6 Å². The summed E-state index contributed by atoms with van der Waals surface area (Å²) >= 11 is 6.16. The molecule has 0 heterocycles. The normalized spacial score (nSPS) is 11.0. The molecule has 5 nitrogen and oxygen atoms in total. The van der Waals surface area contributed by atoms with Crippen LogP contribution in [0.2, 0.25) is 5.02 Å². The van der Waals surface area contributed by atoms with Crippen molar-refractivity contribution < 1.29 is 9.59 Å². The third kappa shape index (κ3) is 3.68. The first-order valence-electron chi connectivity index (χ1n) is 7.47. The summed E-state index contributed by atoms with van der Waals surface area (Å²) in [6.45, 7) is 5.46. The number of urea groups is 1. The van der Waals surface area contributed by atoms with Crippen LogP contribution in [0.15, 0.2) is 54.6 Å². The summed E-state index contributed by atoms with van der Waals surface area (Å²) in [4.78, 5) is 25.3. The second-order valence-corrected chi connectivity index (χ2v) is 6.66. The number of anilines is 1. The number of carbonyl (C=O) groups excluding carboxylic acids is 2. The highest BCUT2D eigenvalue weighted by atomic mass is 35.5. The minimum absolute atomic E-state index is 0.302. The molecule has 126 valence electrons. The molecule has 6 heteroatoms. The second-order valence-electron chi connectivity index (χ2n) is 6.25. The standard InChI is InChI=1S/C18H20ClN3O2/c1-18(2,3)22(16(23)14-11-7-8-12-15(14)19)21(17(20)24)13-9-5-4-6-10-13/h4-12H,1-3H3,(H2,20,24). The number of amides is 3. The summed E-state index contributed by atoms with van der Waals surface area (Å²) in [5.41, 5.74) is 5.68. The maximum absolute atomic E-state index is 13.1. The van der Waals surface area contributed by atoms with Gasteiger partial charge in [-0.15, -0.1) is 0 Å². The van der Waals surface area contributed by atoms with Crippen molar-refractivity contribution in [2.75, 3.05) is 5.01 Å². The Hall–Kier alpha value is -2.53. The van der Waals surface area contributed by atoms with Crippen LogP contribution in [0.1, 0.15) is 31.1 Å². The number of halogens is 1. The average molecular weight is 346 g/mol. The Morgan fingerprint density at radius 1 is 0.958 bits per heavy atom. The first-order valence-corrected chi connectivity index (χ1v) is 7.85. The van der Waals surface area contributed by atoms with Gasteiger partial charge in [0.2, 0.25) is 0 Å². The van der Waals surface area contributed by atoms with E-state index in [0.717, 1.165) is 0 Å². The number of hydrogen-bond acceptors (Lipinski definition) is 2. The maximum atomic E-state index is 13.1. The van der Waals surface area contributed by atoms with Crippen LogP contribution in [-0.2, 0) is 0 Å². The Labute approximate surface area is 146 Å². The fourth-order valence-electron chi connectivity index (χ4n) is 2.35. The molecule has 2 aromatic rings. The lowest BCUT2D eigenvalue weighted by atomic mass is 10.1. The van der Waals surface area contributed by atoms with E-state index in [1.54, 1.807) is 48.5 Å². The Balaban J connectivity index is 2.58. The molecule has 2 rings (SSSR count). The first kappa shape index (κ1) is 17.8. The number of nitrogens with two attached hydrogens (primary N) is 1. The number of primary amides is 1. The van der Waals surface area contributed by atoms with E-state index in [4.69, 9.17) is 17.3 Å². The Morgan fingerprint density at radius 3 is 2.00 bits per heavy atom. The van der Waals surface area contributed by atoms with Crippen LogP contribution in [0.25, 0.3) is 0 Å². The molecular formula is C18H20ClN3O2. The summed E-state index contributed by atoms with van der Waals surface area (Å²) in [6, 6.07) is 14.7. The van der Waals surface area contributed by atoms with E-state index < -0.39 is 17.5 Å². The molecule has 0 aliphatic rings. The zero-order valence-corrected chi connectivity index (χ0v) is 14.6. The Morgan fingerprint density at radius 2 is 1.50 bits per heavy atom. The van der Waals surface area contributed by atoms with Crippen LogP contribution in [0.4, 0.5) is 10.5 Å². The van der Waals surface area contributed by atoms with Crippen LogP contribution in [0.5, 0.6) is 0 Å². The molecule has 3 amide bonds. The molecule has 0 atom stereocenters. The highest BCUT2D eigenvalue weighted by molar-refractivity contribution is 6.33. The van der Waals surface area contributed by atoms with E-state index >= 15 is 0 Å². The van der Waals surface area contributed by atoms with Crippen molar-refractivity contribution in [2.24, 2.45) is 5.73 Å². The molecule has 2 aromatic carbocycles. The van der Waals surface area contributed by atoms with E-state index in [9.17, 15) is 9.59 Å². The molecule has 0 unspecified atom stereocenters. The van der Waals surface area contributed by atoms with Gasteiger partial charge in [0.05, 0.1) is 21.8 Å². The molecule has 24 heavy (non-hydrogen) atoms. The summed E-state index contributed by atoms with van der Waals surface area (Å²) in [7, 11) is 0. The van der Waals surface area contributed by atoms with Gasteiger partial charge >= 0.3 is 6.03 Å². The number of carbonyl (C=O) groups is 2. The van der Waals surface area contributed by atoms with Gasteiger partial charge in [-0.05, 0) is 45.0 Å². The van der Waals surface area contributed by atoms with Crippen LogP contribution in [0.3, 0.4) is 0 Å². The summed E-state index contributed by atoms with van der Waals surface area (Å²) in [5, 5.41) is 2.81. The van der Waals surface area contributed by atoms with Crippen molar-refractivity contribution in [1.29, 1.82) is 0 Å². The monoisotopic (exact) mass is 345 g/mol. The molecular weight excluding hydrogens is 326 g/mol. The summed E-state index contributed by atoms with van der Waals surface area (Å²) in [6.07, 6.45) is 0. The van der Waals surface area contributed by atoms with Crippen molar-refractivity contribution >= 4 is 29.2 Å². The van der Waals surface area contributed by atoms with E-state index in [1.165, 1.54) is 10.0 Å². The van der Waals surface area contributed by atoms with Crippen molar-refractivity contribution in [1.82, 2.24) is 5.01 Å². The van der Waals surface area contributed by atoms with Gasteiger partial charge in [0.15, 0.2) is 0 Å². The number of hydrogen-bond donors (Lipinski definition) is 1. The van der Waals surface area contributed by atoms with Gasteiger partial charge in [-0.3, -0.25) is 4.79 Å². The number of benzene rings is 2. The van der Waals surface area contributed by atoms with E-state index in [2.05, 4.69) is 0 Å². The quantitative estimate of drug-likeness (QED) is 0.833. The van der Waals surface area contributed by atoms with Crippen LogP contribution in [0, 0.1) is 0 Å². The van der Waals surface area contributed by atoms with E-state index in [0.29, 0.717) is 16.3 Å².